The van der Waals surface area contributed by atoms with E-state index in [0.717, 1.165) is 4.47 Å². The van der Waals surface area contributed by atoms with Gasteiger partial charge in [-0.15, -0.1) is 0 Å². The average molecular weight is 257 g/mol. The van der Waals surface area contributed by atoms with Crippen molar-refractivity contribution < 1.29 is 0 Å². The molecule has 1 aromatic carbocycles. The summed E-state index contributed by atoms with van der Waals surface area (Å²) in [6, 6.07) is 8.70. The van der Waals surface area contributed by atoms with Gasteiger partial charge in [0.2, 0.25) is 0 Å². The zero-order chi connectivity index (χ0) is 10.6. The van der Waals surface area contributed by atoms with E-state index in [0.29, 0.717) is 18.5 Å². The second-order valence-corrected chi connectivity index (χ2v) is 4.45. The molecule has 0 spiro atoms. The first-order valence-corrected chi connectivity index (χ1v) is 5.61. The molecule has 1 aromatic rings. The molecule has 0 aliphatic heterocycles. The van der Waals surface area contributed by atoms with Gasteiger partial charge in [-0.3, -0.25) is 0 Å². The lowest BCUT2D eigenvalue weighted by atomic mass is 9.95. The molecule has 0 radical (unpaired) electrons. The van der Waals surface area contributed by atoms with Crippen LogP contribution in [0.2, 0.25) is 0 Å². The van der Waals surface area contributed by atoms with Crippen molar-refractivity contribution in [1.82, 2.24) is 5.32 Å². The Labute approximate surface area is 94.0 Å². The summed E-state index contributed by atoms with van der Waals surface area (Å²) in [7, 11) is 1.97. The molecule has 3 N–H and O–H groups in total. The van der Waals surface area contributed by atoms with Crippen LogP contribution in [-0.2, 0) is 0 Å². The number of rotatable bonds is 4. The Morgan fingerprint density at radius 2 is 1.93 bits per heavy atom. The number of hydrogen-bond acceptors (Lipinski definition) is 2. The topological polar surface area (TPSA) is 38.0 Å². The van der Waals surface area contributed by atoms with Gasteiger partial charge in [-0.05, 0) is 37.2 Å². The second-order valence-electron chi connectivity index (χ2n) is 3.53. The highest BCUT2D eigenvalue weighted by molar-refractivity contribution is 9.10. The van der Waals surface area contributed by atoms with Crippen molar-refractivity contribution in [3.05, 3.63) is 34.3 Å². The van der Waals surface area contributed by atoms with E-state index < -0.39 is 0 Å². The Bertz CT molecular complexity index is 271. The van der Waals surface area contributed by atoms with Gasteiger partial charge in [0.15, 0.2) is 0 Å². The molecule has 0 fully saturated rings. The van der Waals surface area contributed by atoms with Gasteiger partial charge in [-0.25, -0.2) is 0 Å². The van der Waals surface area contributed by atoms with Crippen molar-refractivity contribution >= 4 is 15.9 Å². The Morgan fingerprint density at radius 1 is 1.36 bits per heavy atom. The Kier molecular flexibility index (Phi) is 4.58. The maximum Gasteiger partial charge on any atom is 0.0355 e. The van der Waals surface area contributed by atoms with Crippen molar-refractivity contribution in [1.29, 1.82) is 0 Å². The molecular weight excluding hydrogens is 240 g/mol. The number of benzene rings is 1. The number of nitrogens with two attached hydrogens (primary N) is 1. The number of hydrogen-bond donors (Lipinski definition) is 2. The van der Waals surface area contributed by atoms with Gasteiger partial charge < -0.3 is 11.1 Å². The molecule has 2 nitrogen and oxygen atoms in total. The van der Waals surface area contributed by atoms with Crippen molar-refractivity contribution in [3.8, 4) is 0 Å². The fraction of sp³-hybridized carbons (Fsp3) is 0.455. The molecule has 3 heteroatoms. The Hall–Kier alpha value is -0.380. The van der Waals surface area contributed by atoms with Crippen LogP contribution in [0.3, 0.4) is 0 Å². The minimum atomic E-state index is 0.341. The molecule has 78 valence electrons. The van der Waals surface area contributed by atoms with Gasteiger partial charge >= 0.3 is 0 Å². The predicted molar refractivity (Wildman–Crippen MR) is 64.2 cm³/mol. The zero-order valence-electron chi connectivity index (χ0n) is 8.63. The molecule has 0 aromatic heterocycles. The quantitative estimate of drug-likeness (QED) is 0.868. The van der Waals surface area contributed by atoms with Crippen LogP contribution >= 0.6 is 15.9 Å². The van der Waals surface area contributed by atoms with E-state index in [9.17, 15) is 0 Å². The summed E-state index contributed by atoms with van der Waals surface area (Å²) < 4.78 is 1.11. The fourth-order valence-corrected chi connectivity index (χ4v) is 1.85. The highest BCUT2D eigenvalue weighted by atomic mass is 79.9. The first-order chi connectivity index (χ1) is 6.69. The van der Waals surface area contributed by atoms with E-state index in [-0.39, 0.29) is 0 Å². The summed E-state index contributed by atoms with van der Waals surface area (Å²) in [5.74, 6) is 0.446. The van der Waals surface area contributed by atoms with Crippen LogP contribution < -0.4 is 11.1 Å². The summed E-state index contributed by atoms with van der Waals surface area (Å²) in [6.07, 6.45) is 0. The van der Waals surface area contributed by atoms with Crippen LogP contribution in [0.4, 0.5) is 0 Å². The van der Waals surface area contributed by atoms with Crippen LogP contribution in [0.1, 0.15) is 18.5 Å². The van der Waals surface area contributed by atoms with Gasteiger partial charge in [-0.2, -0.15) is 0 Å². The molecule has 1 rings (SSSR count). The molecule has 0 saturated carbocycles. The molecule has 0 heterocycles. The smallest absolute Gasteiger partial charge is 0.0355 e. The van der Waals surface area contributed by atoms with Gasteiger partial charge in [0.05, 0.1) is 0 Å². The fourth-order valence-electron chi connectivity index (χ4n) is 1.59. The highest BCUT2D eigenvalue weighted by Crippen LogP contribution is 2.22. The van der Waals surface area contributed by atoms with Gasteiger partial charge in [0.1, 0.15) is 0 Å². The maximum absolute atomic E-state index is 5.67. The highest BCUT2D eigenvalue weighted by Gasteiger charge is 2.15. The molecule has 0 saturated heterocycles. The third kappa shape index (κ3) is 2.80. The lowest BCUT2D eigenvalue weighted by molar-refractivity contribution is 0.419. The third-order valence-electron chi connectivity index (χ3n) is 2.48. The first-order valence-electron chi connectivity index (χ1n) is 4.81. The van der Waals surface area contributed by atoms with E-state index >= 15 is 0 Å². The molecule has 0 bridgehead atoms. The van der Waals surface area contributed by atoms with E-state index in [2.05, 4.69) is 52.4 Å². The largest absolute Gasteiger partial charge is 0.330 e. The Morgan fingerprint density at radius 3 is 2.36 bits per heavy atom. The molecule has 2 unspecified atom stereocenters. The third-order valence-corrected chi connectivity index (χ3v) is 3.01. The number of halogens is 1. The normalized spacial score (nSPS) is 15.1. The molecular formula is C11H17BrN2. The van der Waals surface area contributed by atoms with E-state index in [4.69, 9.17) is 5.73 Å². The predicted octanol–water partition coefficient (Wildman–Crippen LogP) is 2.30. The summed E-state index contributed by atoms with van der Waals surface area (Å²) in [5.41, 5.74) is 6.95. The first kappa shape index (κ1) is 11.7. The average Bonchev–Trinajstić information content (AvgIpc) is 2.21. The van der Waals surface area contributed by atoms with Crippen LogP contribution in [0.25, 0.3) is 0 Å². The van der Waals surface area contributed by atoms with Crippen LogP contribution in [0.5, 0.6) is 0 Å². The molecule has 0 amide bonds. The summed E-state index contributed by atoms with van der Waals surface area (Å²) >= 11 is 3.43. The minimum absolute atomic E-state index is 0.341. The molecule has 0 aliphatic rings. The standard InChI is InChI=1S/C11H17BrN2/c1-8(7-13)11(14-2)9-3-5-10(12)6-4-9/h3-6,8,11,14H,7,13H2,1-2H3. The van der Waals surface area contributed by atoms with E-state index in [1.54, 1.807) is 0 Å². The van der Waals surface area contributed by atoms with Crippen molar-refractivity contribution in [2.45, 2.75) is 13.0 Å². The van der Waals surface area contributed by atoms with Crippen molar-refractivity contribution in [2.75, 3.05) is 13.6 Å². The molecule has 0 aliphatic carbocycles. The number of nitrogens with one attached hydrogen (secondary N) is 1. The van der Waals surface area contributed by atoms with Crippen LogP contribution in [0, 0.1) is 5.92 Å². The van der Waals surface area contributed by atoms with Crippen LogP contribution in [-0.4, -0.2) is 13.6 Å². The zero-order valence-corrected chi connectivity index (χ0v) is 10.2. The van der Waals surface area contributed by atoms with Crippen molar-refractivity contribution in [2.24, 2.45) is 11.7 Å². The van der Waals surface area contributed by atoms with Gasteiger partial charge in [-0.1, -0.05) is 35.0 Å². The lowest BCUT2D eigenvalue weighted by Gasteiger charge is -2.22. The maximum atomic E-state index is 5.67. The monoisotopic (exact) mass is 256 g/mol. The van der Waals surface area contributed by atoms with E-state index in [1.807, 2.05) is 7.05 Å². The molecule has 14 heavy (non-hydrogen) atoms. The SMILES string of the molecule is CNC(c1ccc(Br)cc1)C(C)CN. The van der Waals surface area contributed by atoms with E-state index in [1.165, 1.54) is 5.56 Å². The van der Waals surface area contributed by atoms with Gasteiger partial charge in [0, 0.05) is 10.5 Å². The second kappa shape index (κ2) is 5.49. The van der Waals surface area contributed by atoms with Gasteiger partial charge in [0.25, 0.3) is 0 Å². The summed E-state index contributed by atoms with van der Waals surface area (Å²) in [6.45, 7) is 2.85. The lowest BCUT2D eigenvalue weighted by Crippen LogP contribution is -2.28. The summed E-state index contributed by atoms with van der Waals surface area (Å²) in [4.78, 5) is 0. The summed E-state index contributed by atoms with van der Waals surface area (Å²) in [5, 5.41) is 3.29. The van der Waals surface area contributed by atoms with Crippen LogP contribution in [0.15, 0.2) is 28.7 Å². The Balaban J connectivity index is 2.84. The molecule has 2 atom stereocenters. The van der Waals surface area contributed by atoms with Crippen molar-refractivity contribution in [3.63, 3.8) is 0 Å². The minimum Gasteiger partial charge on any atom is -0.330 e.